The van der Waals surface area contributed by atoms with Crippen LogP contribution in [-0.2, 0) is 10.5 Å². The van der Waals surface area contributed by atoms with Crippen LogP contribution in [0.2, 0.25) is 0 Å². The fraction of sp³-hybridized carbons (Fsp3) is 0.0909. The average molecular weight is 394 g/mol. The predicted molar refractivity (Wildman–Crippen MR) is 111 cm³/mol. The molecule has 0 aliphatic rings. The third-order valence-electron chi connectivity index (χ3n) is 3.90. The highest BCUT2D eigenvalue weighted by Crippen LogP contribution is 2.23. The van der Waals surface area contributed by atoms with E-state index < -0.39 is 11.7 Å². The van der Waals surface area contributed by atoms with Crippen LogP contribution < -0.4 is 10.6 Å². The van der Waals surface area contributed by atoms with Gasteiger partial charge in [-0.15, -0.1) is 11.8 Å². The van der Waals surface area contributed by atoms with Gasteiger partial charge in [-0.3, -0.25) is 9.59 Å². The maximum absolute atomic E-state index is 14.0. The summed E-state index contributed by atoms with van der Waals surface area (Å²) < 4.78 is 14.0. The van der Waals surface area contributed by atoms with E-state index in [9.17, 15) is 14.0 Å². The summed E-state index contributed by atoms with van der Waals surface area (Å²) in [4.78, 5) is 24.7. The van der Waals surface area contributed by atoms with E-state index in [-0.39, 0.29) is 11.6 Å². The Morgan fingerprint density at radius 2 is 1.64 bits per heavy atom. The van der Waals surface area contributed by atoms with E-state index in [4.69, 9.17) is 0 Å². The van der Waals surface area contributed by atoms with Crippen LogP contribution in [-0.4, -0.2) is 11.8 Å². The minimum absolute atomic E-state index is 0.0139. The Bertz CT molecular complexity index is 976. The molecule has 28 heavy (non-hydrogen) atoms. The molecule has 3 aromatic carbocycles. The maximum Gasteiger partial charge on any atom is 0.255 e. The number of carbonyl (C=O) groups is 2. The zero-order valence-corrected chi connectivity index (χ0v) is 16.1. The van der Waals surface area contributed by atoms with Crippen molar-refractivity contribution in [3.63, 3.8) is 0 Å². The van der Waals surface area contributed by atoms with Crippen molar-refractivity contribution in [3.05, 3.63) is 89.7 Å². The first-order chi connectivity index (χ1) is 13.5. The molecule has 142 valence electrons. The summed E-state index contributed by atoms with van der Waals surface area (Å²) in [6, 6.07) is 21.3. The number of benzene rings is 3. The largest absolute Gasteiger partial charge is 0.326 e. The second kappa shape index (κ2) is 9.19. The molecule has 4 nitrogen and oxygen atoms in total. The number of carbonyl (C=O) groups excluding carboxylic acids is 2. The minimum atomic E-state index is -0.571. The lowest BCUT2D eigenvalue weighted by Crippen LogP contribution is -2.14. The topological polar surface area (TPSA) is 58.2 Å². The minimum Gasteiger partial charge on any atom is -0.326 e. The average Bonchev–Trinajstić information content (AvgIpc) is 2.69. The first-order valence-corrected chi connectivity index (χ1v) is 9.65. The van der Waals surface area contributed by atoms with Gasteiger partial charge in [0.2, 0.25) is 5.91 Å². The Morgan fingerprint density at radius 3 is 2.32 bits per heavy atom. The third kappa shape index (κ3) is 5.44. The molecule has 3 rings (SSSR count). The summed E-state index contributed by atoms with van der Waals surface area (Å²) in [5.74, 6) is -0.466. The Morgan fingerprint density at radius 1 is 0.929 bits per heavy atom. The fourth-order valence-electron chi connectivity index (χ4n) is 2.53. The summed E-state index contributed by atoms with van der Waals surface area (Å²) in [5, 5.41) is 5.11. The molecule has 3 aromatic rings. The molecule has 2 N–H and O–H groups in total. The van der Waals surface area contributed by atoms with Gasteiger partial charge in [-0.2, -0.15) is 0 Å². The van der Waals surface area contributed by atoms with Gasteiger partial charge in [-0.25, -0.2) is 4.39 Å². The molecule has 0 spiro atoms. The first kappa shape index (κ1) is 19.6. The van der Waals surface area contributed by atoms with Crippen molar-refractivity contribution < 1.29 is 14.0 Å². The number of halogens is 1. The normalized spacial score (nSPS) is 10.4. The van der Waals surface area contributed by atoms with Crippen LogP contribution in [0.3, 0.4) is 0 Å². The quantitative estimate of drug-likeness (QED) is 0.556. The van der Waals surface area contributed by atoms with Crippen molar-refractivity contribution in [3.8, 4) is 0 Å². The fourth-order valence-corrected chi connectivity index (χ4v) is 3.41. The molecule has 6 heteroatoms. The summed E-state index contributed by atoms with van der Waals surface area (Å²) in [5.41, 5.74) is 1.94. The van der Waals surface area contributed by atoms with Crippen LogP contribution in [0, 0.1) is 5.82 Å². The highest BCUT2D eigenvalue weighted by molar-refractivity contribution is 7.98. The summed E-state index contributed by atoms with van der Waals surface area (Å²) >= 11 is 1.71. The van der Waals surface area contributed by atoms with Gasteiger partial charge >= 0.3 is 0 Å². The van der Waals surface area contributed by atoms with Crippen molar-refractivity contribution in [1.82, 2.24) is 0 Å². The van der Waals surface area contributed by atoms with Crippen molar-refractivity contribution >= 4 is 35.0 Å². The highest BCUT2D eigenvalue weighted by atomic mass is 32.2. The summed E-state index contributed by atoms with van der Waals surface area (Å²) in [7, 11) is 0. The van der Waals surface area contributed by atoms with Gasteiger partial charge in [0.25, 0.3) is 5.91 Å². The molecule has 0 saturated heterocycles. The SMILES string of the molecule is CC(=O)Nc1ccc(F)c(NC(=O)c2ccc(CSc3ccccc3)cc2)c1. The molecular weight excluding hydrogens is 375 g/mol. The Labute approximate surface area is 167 Å². The number of thioether (sulfide) groups is 1. The van der Waals surface area contributed by atoms with Gasteiger partial charge in [0, 0.05) is 28.8 Å². The van der Waals surface area contributed by atoms with Crippen LogP contribution >= 0.6 is 11.8 Å². The van der Waals surface area contributed by atoms with Crippen LogP contribution in [0.4, 0.5) is 15.8 Å². The van der Waals surface area contributed by atoms with Gasteiger partial charge < -0.3 is 10.6 Å². The van der Waals surface area contributed by atoms with E-state index in [2.05, 4.69) is 22.8 Å². The smallest absolute Gasteiger partial charge is 0.255 e. The van der Waals surface area contributed by atoms with E-state index in [1.165, 1.54) is 30.0 Å². The van der Waals surface area contributed by atoms with Crippen molar-refractivity contribution in [2.75, 3.05) is 10.6 Å². The lowest BCUT2D eigenvalue weighted by Gasteiger charge is -2.10. The Hall–Kier alpha value is -3.12. The number of anilines is 2. The molecule has 0 atom stereocenters. The zero-order chi connectivity index (χ0) is 19.9. The number of rotatable bonds is 6. The molecular formula is C22H19FN2O2S. The maximum atomic E-state index is 14.0. The number of hydrogen-bond acceptors (Lipinski definition) is 3. The highest BCUT2D eigenvalue weighted by Gasteiger charge is 2.11. The number of hydrogen-bond donors (Lipinski definition) is 2. The summed E-state index contributed by atoms with van der Waals surface area (Å²) in [6.07, 6.45) is 0. The van der Waals surface area contributed by atoms with Gasteiger partial charge in [0.15, 0.2) is 0 Å². The van der Waals surface area contributed by atoms with E-state index in [0.717, 1.165) is 11.3 Å². The number of amides is 2. The molecule has 0 heterocycles. The van der Waals surface area contributed by atoms with Crippen LogP contribution in [0.1, 0.15) is 22.8 Å². The van der Waals surface area contributed by atoms with Gasteiger partial charge in [-0.05, 0) is 48.0 Å². The van der Waals surface area contributed by atoms with Crippen molar-refractivity contribution in [2.24, 2.45) is 0 Å². The Balaban J connectivity index is 1.64. The van der Waals surface area contributed by atoms with Gasteiger partial charge in [0.05, 0.1) is 5.69 Å². The Kier molecular flexibility index (Phi) is 6.45. The molecule has 0 fully saturated rings. The van der Waals surface area contributed by atoms with Crippen molar-refractivity contribution in [1.29, 1.82) is 0 Å². The van der Waals surface area contributed by atoms with Gasteiger partial charge in [0.1, 0.15) is 5.82 Å². The molecule has 0 aliphatic heterocycles. The van der Waals surface area contributed by atoms with Crippen LogP contribution in [0.15, 0.2) is 77.7 Å². The lowest BCUT2D eigenvalue weighted by atomic mass is 10.1. The molecule has 2 amide bonds. The third-order valence-corrected chi connectivity index (χ3v) is 4.98. The van der Waals surface area contributed by atoms with E-state index >= 15 is 0 Å². The standard InChI is InChI=1S/C22H19FN2O2S/c1-15(26)24-18-11-12-20(23)21(13-18)25-22(27)17-9-7-16(8-10-17)14-28-19-5-3-2-4-6-19/h2-13H,14H2,1H3,(H,24,26)(H,25,27). The van der Waals surface area contributed by atoms with Gasteiger partial charge in [-0.1, -0.05) is 30.3 Å². The molecule has 0 radical (unpaired) electrons. The van der Waals surface area contributed by atoms with Crippen LogP contribution in [0.25, 0.3) is 0 Å². The molecule has 0 unspecified atom stereocenters. The zero-order valence-electron chi connectivity index (χ0n) is 15.2. The van der Waals surface area contributed by atoms with E-state index in [1.54, 1.807) is 23.9 Å². The summed E-state index contributed by atoms with van der Waals surface area (Å²) in [6.45, 7) is 1.36. The predicted octanol–water partition coefficient (Wildman–Crippen LogP) is 5.33. The second-order valence-corrected chi connectivity index (χ2v) is 7.18. The molecule has 0 aliphatic carbocycles. The second-order valence-electron chi connectivity index (χ2n) is 6.13. The molecule has 0 aromatic heterocycles. The lowest BCUT2D eigenvalue weighted by molar-refractivity contribution is -0.114. The van der Waals surface area contributed by atoms with Crippen LogP contribution in [0.5, 0.6) is 0 Å². The monoisotopic (exact) mass is 394 g/mol. The molecule has 0 saturated carbocycles. The van der Waals surface area contributed by atoms with E-state index in [0.29, 0.717) is 11.3 Å². The van der Waals surface area contributed by atoms with Crippen molar-refractivity contribution in [2.45, 2.75) is 17.6 Å². The number of nitrogens with one attached hydrogen (secondary N) is 2. The molecule has 0 bridgehead atoms. The van der Waals surface area contributed by atoms with E-state index in [1.807, 2.05) is 30.3 Å². The first-order valence-electron chi connectivity index (χ1n) is 8.66.